The number of aliphatic hydroxyl groups is 2. The van der Waals surface area contributed by atoms with E-state index in [1.807, 2.05) is 31.2 Å². The van der Waals surface area contributed by atoms with Crippen LogP contribution in [-0.2, 0) is 49.5 Å². The first-order valence-electron chi connectivity index (χ1n) is 24.5. The molecule has 6 rings (SSSR count). The standard InChI is InChI=1S/C52H73N5O11S/c1-30-21-35-12-9-31(2)39(16-15-38-23-36(58)25-44(62)67-38)45(35)41(22-30)68-50(65)52(7,8)18-17-42(60)53-19-20-66-28-43(61)56-47(51(4,5)6)49(64)57-27-37(59)24-40(57)48(63)54-26-33-10-13-34(14-11-33)46-32(3)55-29-69-46/h9-14,21,29-31,36-41,45,47,58-59H,15-20,22-28H2,1-8H3,(H,53,60)(H,54,63)(H,56,61)/t30?,31?,36-,37-,38-,39?,40+,41?,45?,47?/m1/s1. The molecular formula is C52H73N5O11S. The number of hydrogen-bond acceptors (Lipinski definition) is 13. The zero-order valence-electron chi connectivity index (χ0n) is 41.5. The number of nitrogens with zero attached hydrogens (tertiary/aromatic N) is 2. The number of hydrogen-bond donors (Lipinski definition) is 5. The molecule has 2 saturated heterocycles. The average molecular weight is 976 g/mol. The topological polar surface area (TPSA) is 223 Å². The fourth-order valence-electron chi connectivity index (χ4n) is 9.96. The Labute approximate surface area is 410 Å². The van der Waals surface area contributed by atoms with Gasteiger partial charge in [0, 0.05) is 44.8 Å². The second kappa shape index (κ2) is 23.3. The van der Waals surface area contributed by atoms with E-state index < -0.39 is 52.8 Å². The summed E-state index contributed by atoms with van der Waals surface area (Å²) in [6.07, 6.45) is 7.11. The maximum Gasteiger partial charge on any atom is 0.311 e. The number of ether oxygens (including phenoxy) is 3. The molecule has 2 aromatic rings. The molecule has 0 bridgehead atoms. The van der Waals surface area contributed by atoms with Crippen LogP contribution in [0.4, 0.5) is 0 Å². The first-order valence-corrected chi connectivity index (χ1v) is 25.4. The summed E-state index contributed by atoms with van der Waals surface area (Å²) >= 11 is 1.56. The van der Waals surface area contributed by atoms with Crippen molar-refractivity contribution in [2.45, 2.75) is 150 Å². The van der Waals surface area contributed by atoms with Crippen molar-refractivity contribution in [2.75, 3.05) is 26.3 Å². The third-order valence-corrected chi connectivity index (χ3v) is 14.9. The van der Waals surface area contributed by atoms with Crippen LogP contribution in [0.5, 0.6) is 0 Å². The third-order valence-electron chi connectivity index (χ3n) is 14.0. The summed E-state index contributed by atoms with van der Waals surface area (Å²) in [5, 5.41) is 29.2. The fraction of sp³-hybridized carbons (Fsp3) is 0.635. The highest BCUT2D eigenvalue weighted by Crippen LogP contribution is 2.46. The molecule has 2 fully saturated rings. The summed E-state index contributed by atoms with van der Waals surface area (Å²) in [5.74, 6) is -1.96. The second-order valence-electron chi connectivity index (χ2n) is 21.2. The maximum absolute atomic E-state index is 14.0. The van der Waals surface area contributed by atoms with Gasteiger partial charge < -0.3 is 45.3 Å². The fourth-order valence-corrected chi connectivity index (χ4v) is 10.8. The molecule has 378 valence electrons. The number of aromatic nitrogens is 1. The molecule has 4 aliphatic rings. The second-order valence-corrected chi connectivity index (χ2v) is 22.1. The number of likely N-dealkylation sites (tertiary alicyclic amines) is 1. The molecule has 1 aromatic carbocycles. The molecule has 2 aliphatic heterocycles. The van der Waals surface area contributed by atoms with Crippen molar-refractivity contribution in [1.29, 1.82) is 0 Å². The Morgan fingerprint density at radius 3 is 2.39 bits per heavy atom. The number of cyclic esters (lactones) is 1. The van der Waals surface area contributed by atoms with Crippen molar-refractivity contribution >= 4 is 46.9 Å². The van der Waals surface area contributed by atoms with Gasteiger partial charge in [-0.2, -0.15) is 0 Å². The minimum absolute atomic E-state index is 0.0157. The minimum Gasteiger partial charge on any atom is -0.462 e. The number of thiazole rings is 1. The molecule has 1 aromatic heterocycles. The molecule has 6 unspecified atom stereocenters. The lowest BCUT2D eigenvalue weighted by atomic mass is 9.65. The van der Waals surface area contributed by atoms with Crippen molar-refractivity contribution in [3.63, 3.8) is 0 Å². The summed E-state index contributed by atoms with van der Waals surface area (Å²) in [7, 11) is 0. The van der Waals surface area contributed by atoms with Gasteiger partial charge in [-0.25, -0.2) is 4.98 Å². The number of fused-ring (bicyclic) bond motifs is 1. The number of allylic oxidation sites excluding steroid dienone is 3. The van der Waals surface area contributed by atoms with Crippen molar-refractivity contribution in [3.05, 3.63) is 64.8 Å². The molecular weight excluding hydrogens is 903 g/mol. The summed E-state index contributed by atoms with van der Waals surface area (Å²) in [4.78, 5) is 86.1. The molecule has 69 heavy (non-hydrogen) atoms. The van der Waals surface area contributed by atoms with Crippen molar-refractivity contribution in [1.82, 2.24) is 25.8 Å². The Morgan fingerprint density at radius 1 is 0.971 bits per heavy atom. The van der Waals surface area contributed by atoms with E-state index in [-0.39, 0.29) is 112 Å². The highest BCUT2D eigenvalue weighted by atomic mass is 32.1. The van der Waals surface area contributed by atoms with E-state index in [4.69, 9.17) is 14.2 Å². The molecule has 0 radical (unpaired) electrons. The Morgan fingerprint density at radius 2 is 1.71 bits per heavy atom. The van der Waals surface area contributed by atoms with Crippen LogP contribution >= 0.6 is 11.3 Å². The van der Waals surface area contributed by atoms with E-state index in [2.05, 4.69) is 53.0 Å². The van der Waals surface area contributed by atoms with Gasteiger partial charge in [0.2, 0.25) is 23.6 Å². The van der Waals surface area contributed by atoms with E-state index in [0.717, 1.165) is 33.7 Å². The van der Waals surface area contributed by atoms with Gasteiger partial charge in [-0.15, -0.1) is 11.3 Å². The van der Waals surface area contributed by atoms with Gasteiger partial charge in [-0.05, 0) is 86.3 Å². The highest BCUT2D eigenvalue weighted by molar-refractivity contribution is 7.13. The van der Waals surface area contributed by atoms with Gasteiger partial charge in [-0.3, -0.25) is 28.8 Å². The molecule has 17 heteroatoms. The molecule has 0 spiro atoms. The number of aliphatic hydroxyl groups excluding tert-OH is 2. The van der Waals surface area contributed by atoms with Gasteiger partial charge in [0.25, 0.3) is 0 Å². The van der Waals surface area contributed by atoms with E-state index in [1.54, 1.807) is 51.5 Å². The van der Waals surface area contributed by atoms with Crippen molar-refractivity contribution in [3.8, 4) is 10.4 Å². The Hall–Kier alpha value is -4.97. The normalized spacial score (nSPS) is 26.3. The number of benzene rings is 1. The lowest BCUT2D eigenvalue weighted by Gasteiger charge is -2.44. The number of carbonyl (C=O) groups excluding carboxylic acids is 6. The van der Waals surface area contributed by atoms with Crippen LogP contribution < -0.4 is 16.0 Å². The summed E-state index contributed by atoms with van der Waals surface area (Å²) in [6.45, 7) is 15.1. The Kier molecular flexibility index (Phi) is 18.0. The summed E-state index contributed by atoms with van der Waals surface area (Å²) in [6, 6.07) is 5.86. The van der Waals surface area contributed by atoms with Crippen molar-refractivity contribution in [2.24, 2.45) is 34.5 Å². The number of amides is 4. The van der Waals surface area contributed by atoms with Crippen LogP contribution in [0.15, 0.2) is 53.6 Å². The smallest absolute Gasteiger partial charge is 0.311 e. The predicted molar refractivity (Wildman–Crippen MR) is 260 cm³/mol. The lowest BCUT2D eigenvalue weighted by Crippen LogP contribution is -2.58. The molecule has 10 atom stereocenters. The average Bonchev–Trinajstić information content (AvgIpc) is 3.90. The molecule has 5 N–H and O–H groups in total. The van der Waals surface area contributed by atoms with Gasteiger partial charge in [0.05, 0.1) is 46.7 Å². The maximum atomic E-state index is 14.0. The third kappa shape index (κ3) is 14.3. The first-order chi connectivity index (χ1) is 32.6. The van der Waals surface area contributed by atoms with E-state index in [1.165, 1.54) is 4.90 Å². The number of β-amino-alcohol motifs (C(OH)–C–C–N with tert-alkyl or cyclic N) is 1. The quantitative estimate of drug-likeness (QED) is 0.0891. The van der Waals surface area contributed by atoms with E-state index in [9.17, 15) is 39.0 Å². The van der Waals surface area contributed by atoms with Gasteiger partial charge in [0.15, 0.2) is 0 Å². The largest absolute Gasteiger partial charge is 0.462 e. The van der Waals surface area contributed by atoms with Gasteiger partial charge in [-0.1, -0.05) is 77.1 Å². The number of aryl methyl sites for hydroxylation is 1. The Balaban J connectivity index is 0.921. The number of nitrogens with one attached hydrogen (secondary N) is 3. The highest BCUT2D eigenvalue weighted by Gasteiger charge is 2.46. The van der Waals surface area contributed by atoms with Crippen LogP contribution in [0, 0.1) is 41.4 Å². The molecule has 2 aliphatic carbocycles. The minimum atomic E-state index is -1.03. The van der Waals surface area contributed by atoms with Crippen LogP contribution in [0.2, 0.25) is 0 Å². The number of carbonyl (C=O) groups is 6. The van der Waals surface area contributed by atoms with E-state index >= 15 is 0 Å². The van der Waals surface area contributed by atoms with Crippen LogP contribution in [-0.4, -0.2) is 118 Å². The zero-order valence-corrected chi connectivity index (χ0v) is 42.3. The Bertz CT molecular complexity index is 2220. The monoisotopic (exact) mass is 976 g/mol. The lowest BCUT2D eigenvalue weighted by molar-refractivity contribution is -0.166. The molecule has 0 saturated carbocycles. The van der Waals surface area contributed by atoms with Gasteiger partial charge in [0.1, 0.15) is 30.9 Å². The SMILES string of the molecule is Cc1ncsc1-c1ccc(CNC(=O)[C@@H]2C[C@@H](O)CN2C(=O)C(NC(=O)COCCNC(=O)CCC(C)(C)C(=O)OC2CC(C)C=C3C=CC(C)C(CC[C@@H]4C[C@@H](O)CC(=O)O4)C32)C(C)(C)C)cc1. The summed E-state index contributed by atoms with van der Waals surface area (Å²) < 4.78 is 17.5. The van der Waals surface area contributed by atoms with E-state index in [0.29, 0.717) is 19.3 Å². The molecule has 3 heterocycles. The molecule has 16 nitrogen and oxygen atoms in total. The van der Waals surface area contributed by atoms with Crippen LogP contribution in [0.3, 0.4) is 0 Å². The van der Waals surface area contributed by atoms with Crippen LogP contribution in [0.1, 0.15) is 111 Å². The first kappa shape index (κ1) is 53.4. The summed E-state index contributed by atoms with van der Waals surface area (Å²) in [5.41, 5.74) is 4.09. The predicted octanol–water partition coefficient (Wildman–Crippen LogP) is 5.33. The van der Waals surface area contributed by atoms with Crippen molar-refractivity contribution < 1.29 is 53.2 Å². The number of esters is 2. The van der Waals surface area contributed by atoms with Crippen LogP contribution in [0.25, 0.3) is 10.4 Å². The molecule has 4 amide bonds. The zero-order chi connectivity index (χ0) is 50.2. The number of rotatable bonds is 19. The van der Waals surface area contributed by atoms with Gasteiger partial charge >= 0.3 is 11.9 Å².